The molecule has 0 amide bonds. The summed E-state index contributed by atoms with van der Waals surface area (Å²) in [5.41, 5.74) is 5.67. The Kier molecular flexibility index (Phi) is 8.19. The molecule has 4 heteroatoms. The van der Waals surface area contributed by atoms with Crippen LogP contribution in [0.3, 0.4) is 0 Å². The molecule has 2 N–H and O–H groups in total. The van der Waals surface area contributed by atoms with Crippen molar-refractivity contribution >= 4 is 17.2 Å². The predicted molar refractivity (Wildman–Crippen MR) is 85.8 cm³/mol. The molecule has 1 rings (SSSR count). The number of unbranched alkanes of at least 4 members (excludes halogenated alkanes) is 6. The second kappa shape index (κ2) is 9.70. The summed E-state index contributed by atoms with van der Waals surface area (Å²) >= 11 is 4.76. The third-order valence-electron chi connectivity index (χ3n) is 3.22. The quantitative estimate of drug-likeness (QED) is 0.507. The van der Waals surface area contributed by atoms with Crippen molar-refractivity contribution in [2.24, 2.45) is 5.73 Å². The van der Waals surface area contributed by atoms with Crippen LogP contribution >= 0.6 is 12.2 Å². The van der Waals surface area contributed by atoms with E-state index in [-0.39, 0.29) is 10.6 Å². The van der Waals surface area contributed by atoms with Crippen LogP contribution in [0.1, 0.15) is 57.4 Å². The van der Waals surface area contributed by atoms with Gasteiger partial charge in [-0.25, -0.2) is 4.39 Å². The maximum atomic E-state index is 13.6. The molecule has 0 radical (unpaired) electrons. The standard InChI is InChI=1S/C16H24FNOS/c1-2-3-4-5-6-7-8-11-19-13-9-10-14(16(18)20)15(17)12-13/h9-10,12H,2-8,11H2,1H3,(H2,18,20). The minimum atomic E-state index is -0.422. The molecule has 0 atom stereocenters. The second-order valence-electron chi connectivity index (χ2n) is 4.98. The Morgan fingerprint density at radius 1 is 1.15 bits per heavy atom. The van der Waals surface area contributed by atoms with Gasteiger partial charge in [-0.3, -0.25) is 0 Å². The number of ether oxygens (including phenoxy) is 1. The van der Waals surface area contributed by atoms with E-state index in [2.05, 4.69) is 6.92 Å². The molecule has 0 fully saturated rings. The van der Waals surface area contributed by atoms with Gasteiger partial charge in [-0.05, 0) is 18.6 Å². The molecular weight excluding hydrogens is 273 g/mol. The third kappa shape index (κ3) is 6.33. The van der Waals surface area contributed by atoms with Gasteiger partial charge in [0.15, 0.2) is 0 Å². The van der Waals surface area contributed by atoms with Crippen LogP contribution in [0.4, 0.5) is 4.39 Å². The van der Waals surface area contributed by atoms with Gasteiger partial charge in [-0.15, -0.1) is 0 Å². The van der Waals surface area contributed by atoms with Gasteiger partial charge in [0, 0.05) is 11.6 Å². The zero-order chi connectivity index (χ0) is 14.8. The minimum absolute atomic E-state index is 0.0705. The Hall–Kier alpha value is -1.16. The molecule has 0 saturated carbocycles. The van der Waals surface area contributed by atoms with E-state index in [0.29, 0.717) is 12.4 Å². The lowest BCUT2D eigenvalue weighted by molar-refractivity contribution is 0.303. The second-order valence-corrected chi connectivity index (χ2v) is 5.42. The molecule has 0 bridgehead atoms. The Labute approximate surface area is 126 Å². The molecule has 2 nitrogen and oxygen atoms in total. The fourth-order valence-corrected chi connectivity index (χ4v) is 2.20. The van der Waals surface area contributed by atoms with Crippen molar-refractivity contribution in [2.75, 3.05) is 6.61 Å². The topological polar surface area (TPSA) is 35.2 Å². The van der Waals surface area contributed by atoms with Crippen molar-refractivity contribution in [2.45, 2.75) is 51.9 Å². The average Bonchev–Trinajstić information content (AvgIpc) is 2.41. The molecule has 1 aromatic rings. The summed E-state index contributed by atoms with van der Waals surface area (Å²) in [6.45, 7) is 2.84. The van der Waals surface area contributed by atoms with Gasteiger partial charge >= 0.3 is 0 Å². The van der Waals surface area contributed by atoms with E-state index in [1.165, 1.54) is 38.2 Å². The van der Waals surface area contributed by atoms with E-state index in [0.717, 1.165) is 12.8 Å². The molecule has 0 aliphatic carbocycles. The SMILES string of the molecule is CCCCCCCCCOc1ccc(C(N)=S)c(F)c1. The molecule has 0 aliphatic heterocycles. The Morgan fingerprint density at radius 3 is 2.40 bits per heavy atom. The minimum Gasteiger partial charge on any atom is -0.493 e. The molecule has 0 heterocycles. The Morgan fingerprint density at radius 2 is 1.80 bits per heavy atom. The molecule has 0 unspecified atom stereocenters. The number of thiocarbonyl (C=S) groups is 1. The summed E-state index contributed by atoms with van der Waals surface area (Å²) < 4.78 is 19.1. The van der Waals surface area contributed by atoms with E-state index in [9.17, 15) is 4.39 Å². The lowest BCUT2D eigenvalue weighted by Crippen LogP contribution is -2.11. The predicted octanol–water partition coefficient (Wildman–Crippen LogP) is 4.59. The van der Waals surface area contributed by atoms with Crippen molar-refractivity contribution in [3.8, 4) is 5.75 Å². The van der Waals surface area contributed by atoms with E-state index >= 15 is 0 Å². The highest BCUT2D eigenvalue weighted by Gasteiger charge is 2.06. The third-order valence-corrected chi connectivity index (χ3v) is 3.44. The first-order chi connectivity index (χ1) is 9.65. The fourth-order valence-electron chi connectivity index (χ4n) is 2.03. The first-order valence-electron chi connectivity index (χ1n) is 7.37. The van der Waals surface area contributed by atoms with Gasteiger partial charge in [0.05, 0.1) is 6.61 Å². The van der Waals surface area contributed by atoms with Crippen LogP contribution in [0.15, 0.2) is 18.2 Å². The molecule has 112 valence electrons. The first kappa shape index (κ1) is 16.9. The zero-order valence-corrected chi connectivity index (χ0v) is 13.0. The van der Waals surface area contributed by atoms with E-state index in [1.807, 2.05) is 0 Å². The summed E-state index contributed by atoms with van der Waals surface area (Å²) in [5, 5.41) is 0. The summed E-state index contributed by atoms with van der Waals surface area (Å²) in [6.07, 6.45) is 8.64. The number of hydrogen-bond donors (Lipinski definition) is 1. The average molecular weight is 297 g/mol. The Bertz CT molecular complexity index is 423. The lowest BCUT2D eigenvalue weighted by Gasteiger charge is -2.08. The zero-order valence-electron chi connectivity index (χ0n) is 12.2. The van der Waals surface area contributed by atoms with Crippen LogP contribution in [-0.2, 0) is 0 Å². The molecule has 0 aliphatic rings. The highest BCUT2D eigenvalue weighted by molar-refractivity contribution is 7.80. The maximum absolute atomic E-state index is 13.6. The molecule has 20 heavy (non-hydrogen) atoms. The normalized spacial score (nSPS) is 10.5. The molecular formula is C16H24FNOS. The summed E-state index contributed by atoms with van der Waals surface area (Å²) in [6, 6.07) is 4.62. The van der Waals surface area contributed by atoms with Gasteiger partial charge in [-0.1, -0.05) is 57.7 Å². The molecule has 0 aromatic heterocycles. The van der Waals surface area contributed by atoms with E-state index in [4.69, 9.17) is 22.7 Å². The maximum Gasteiger partial charge on any atom is 0.137 e. The fraction of sp³-hybridized carbons (Fsp3) is 0.562. The van der Waals surface area contributed by atoms with E-state index in [1.54, 1.807) is 12.1 Å². The van der Waals surface area contributed by atoms with Crippen LogP contribution < -0.4 is 10.5 Å². The number of benzene rings is 1. The van der Waals surface area contributed by atoms with Crippen LogP contribution in [0.2, 0.25) is 0 Å². The van der Waals surface area contributed by atoms with Gasteiger partial charge in [0.1, 0.15) is 16.6 Å². The van der Waals surface area contributed by atoms with Crippen LogP contribution in [0, 0.1) is 5.82 Å². The van der Waals surface area contributed by atoms with Crippen molar-refractivity contribution in [3.63, 3.8) is 0 Å². The van der Waals surface area contributed by atoms with Crippen LogP contribution in [0.5, 0.6) is 5.75 Å². The van der Waals surface area contributed by atoms with Gasteiger partial charge in [-0.2, -0.15) is 0 Å². The number of rotatable bonds is 10. The summed E-state index contributed by atoms with van der Waals surface area (Å²) in [4.78, 5) is 0.0705. The number of nitrogens with two attached hydrogens (primary N) is 1. The Balaban J connectivity index is 2.19. The van der Waals surface area contributed by atoms with Gasteiger partial charge in [0.2, 0.25) is 0 Å². The largest absolute Gasteiger partial charge is 0.493 e. The summed E-state index contributed by atoms with van der Waals surface area (Å²) in [7, 11) is 0. The van der Waals surface area contributed by atoms with Crippen molar-refractivity contribution in [1.29, 1.82) is 0 Å². The van der Waals surface area contributed by atoms with Crippen LogP contribution in [0.25, 0.3) is 0 Å². The molecule has 1 aromatic carbocycles. The molecule has 0 saturated heterocycles. The highest BCUT2D eigenvalue weighted by atomic mass is 32.1. The lowest BCUT2D eigenvalue weighted by atomic mass is 10.1. The van der Waals surface area contributed by atoms with Crippen molar-refractivity contribution in [3.05, 3.63) is 29.6 Å². The van der Waals surface area contributed by atoms with E-state index < -0.39 is 5.82 Å². The smallest absolute Gasteiger partial charge is 0.137 e. The monoisotopic (exact) mass is 297 g/mol. The van der Waals surface area contributed by atoms with Crippen molar-refractivity contribution < 1.29 is 9.13 Å². The molecule has 0 spiro atoms. The van der Waals surface area contributed by atoms with Crippen molar-refractivity contribution in [1.82, 2.24) is 0 Å². The summed E-state index contributed by atoms with van der Waals surface area (Å²) in [5.74, 6) is 0.114. The first-order valence-corrected chi connectivity index (χ1v) is 7.78. The van der Waals surface area contributed by atoms with Gasteiger partial charge < -0.3 is 10.5 Å². The van der Waals surface area contributed by atoms with Crippen LogP contribution in [-0.4, -0.2) is 11.6 Å². The van der Waals surface area contributed by atoms with Gasteiger partial charge in [0.25, 0.3) is 0 Å². The highest BCUT2D eigenvalue weighted by Crippen LogP contribution is 2.17. The number of hydrogen-bond acceptors (Lipinski definition) is 2. The number of halogens is 1.